The number of benzene rings is 8. The van der Waals surface area contributed by atoms with E-state index in [1.165, 1.54) is 11.8 Å². The highest BCUT2D eigenvalue weighted by atomic mass is 32.2. The van der Waals surface area contributed by atoms with Gasteiger partial charge in [-0.2, -0.15) is 0 Å². The minimum Gasteiger partial charge on any atom is -0.309 e. The van der Waals surface area contributed by atoms with Crippen LogP contribution in [0.4, 0.5) is 0 Å². The molecule has 2 heterocycles. The van der Waals surface area contributed by atoms with Gasteiger partial charge in [-0.25, -0.2) is 0 Å². The summed E-state index contributed by atoms with van der Waals surface area (Å²) in [5.41, 5.74) is 0.835. The molecular formula is C44H27NS. The SMILES string of the molecule is [2H]c1c([2H])c([2H])c(-c2ccc3c4c(cccc24)-c2cc(-c4c([2H])c([2H])c([2H])c5c4c4c([2H])c([2H])c6c([2H])c([2H])c([2H])c([2H])c6c4n5-c4c([2H])c([2H])c([2H])c([2H])c4[2H])ccc2S3)c([2H])c1[2H]. The molecule has 0 bridgehead atoms. The van der Waals surface area contributed by atoms with Gasteiger partial charge in [0.15, 0.2) is 0 Å². The lowest BCUT2D eigenvalue weighted by Crippen LogP contribution is -1.95. The van der Waals surface area contributed by atoms with E-state index in [1.54, 1.807) is 36.4 Å². The van der Waals surface area contributed by atoms with Gasteiger partial charge in [-0.05, 0) is 80.5 Å². The molecule has 2 heteroatoms. The number of fused-ring (bicyclic) bond motifs is 7. The van der Waals surface area contributed by atoms with Gasteiger partial charge in [-0.3, -0.25) is 0 Å². The first-order valence-electron chi connectivity index (χ1n) is 23.7. The maximum Gasteiger partial charge on any atom is 0.0645 e. The molecule has 8 aromatic carbocycles. The maximum atomic E-state index is 9.48. The average Bonchev–Trinajstić information content (AvgIpc) is 3.63. The van der Waals surface area contributed by atoms with Crippen molar-refractivity contribution in [1.82, 2.24) is 4.57 Å². The maximum absolute atomic E-state index is 9.48. The number of nitrogens with zero attached hydrogens (tertiary/aromatic N) is 1. The molecule has 0 saturated carbocycles. The van der Waals surface area contributed by atoms with Crippen molar-refractivity contribution < 1.29 is 26.0 Å². The average molecular weight is 621 g/mol. The zero-order valence-electron chi connectivity index (χ0n) is 42.5. The first kappa shape index (κ1) is 13.4. The number of rotatable bonds is 3. The van der Waals surface area contributed by atoms with Crippen molar-refractivity contribution in [3.05, 3.63) is 163 Å². The van der Waals surface area contributed by atoms with Crippen LogP contribution in [0.2, 0.25) is 0 Å². The molecule has 0 aliphatic carbocycles. The molecule has 1 aromatic heterocycles. The zero-order valence-corrected chi connectivity index (χ0v) is 24.3. The molecule has 1 aliphatic rings. The summed E-state index contributed by atoms with van der Waals surface area (Å²) in [6.07, 6.45) is 0. The Hall–Kier alpha value is -5.57. The Morgan fingerprint density at radius 1 is 0.478 bits per heavy atom. The summed E-state index contributed by atoms with van der Waals surface area (Å²) in [6.45, 7) is 0. The molecule has 0 amide bonds. The van der Waals surface area contributed by atoms with Crippen molar-refractivity contribution in [3.63, 3.8) is 0 Å². The molecule has 46 heavy (non-hydrogen) atoms. The van der Waals surface area contributed by atoms with Gasteiger partial charge in [0.05, 0.1) is 37.1 Å². The van der Waals surface area contributed by atoms with E-state index in [9.17, 15) is 5.48 Å². The Labute approximate surface area is 298 Å². The van der Waals surface area contributed by atoms with E-state index in [1.807, 2.05) is 12.1 Å². The van der Waals surface area contributed by atoms with Gasteiger partial charge in [0, 0.05) is 37.0 Å². The van der Waals surface area contributed by atoms with E-state index in [4.69, 9.17) is 20.6 Å². The van der Waals surface area contributed by atoms with Crippen LogP contribution in [0.25, 0.3) is 82.4 Å². The van der Waals surface area contributed by atoms with E-state index >= 15 is 0 Å². The van der Waals surface area contributed by atoms with Crippen LogP contribution in [0.1, 0.15) is 26.0 Å². The van der Waals surface area contributed by atoms with Gasteiger partial charge in [0.1, 0.15) is 0 Å². The third-order valence-electron chi connectivity index (χ3n) is 8.29. The summed E-state index contributed by atoms with van der Waals surface area (Å²) in [4.78, 5) is 1.57. The lowest BCUT2D eigenvalue weighted by molar-refractivity contribution is 1.19. The summed E-state index contributed by atoms with van der Waals surface area (Å²) in [7, 11) is 0. The van der Waals surface area contributed by atoms with Crippen LogP contribution in [0, 0.1) is 0 Å². The summed E-state index contributed by atoms with van der Waals surface area (Å²) >= 11 is 1.40. The quantitative estimate of drug-likeness (QED) is 0.190. The third-order valence-corrected chi connectivity index (χ3v) is 9.42. The number of aromatic nitrogens is 1. The van der Waals surface area contributed by atoms with Crippen LogP contribution in [0.5, 0.6) is 0 Å². The lowest BCUT2D eigenvalue weighted by Gasteiger charge is -2.22. The Morgan fingerprint density at radius 2 is 1.28 bits per heavy atom. The minimum absolute atomic E-state index is 0.0248. The second kappa shape index (κ2) is 9.97. The molecule has 0 unspecified atom stereocenters. The topological polar surface area (TPSA) is 4.93 Å². The molecule has 0 fully saturated rings. The second-order valence-electron chi connectivity index (χ2n) is 10.7. The molecular weight excluding hydrogens is 575 g/mol. The van der Waals surface area contributed by atoms with Crippen molar-refractivity contribution in [2.75, 3.05) is 0 Å². The molecule has 0 radical (unpaired) electrons. The third kappa shape index (κ3) is 3.71. The molecule has 1 nitrogen and oxygen atoms in total. The highest BCUT2D eigenvalue weighted by Crippen LogP contribution is 2.51. The van der Waals surface area contributed by atoms with Crippen LogP contribution in [-0.4, -0.2) is 4.57 Å². The smallest absolute Gasteiger partial charge is 0.0645 e. The normalized spacial score (nSPS) is 18.0. The van der Waals surface area contributed by atoms with Gasteiger partial charge in [-0.1, -0.05) is 139 Å². The summed E-state index contributed by atoms with van der Waals surface area (Å²) in [5, 5.41) is 0.258. The molecule has 0 spiro atoms. The fourth-order valence-corrected chi connectivity index (χ4v) is 7.51. The highest BCUT2D eigenvalue weighted by molar-refractivity contribution is 7.99. The Kier molecular flexibility index (Phi) is 2.91. The van der Waals surface area contributed by atoms with Gasteiger partial charge in [0.25, 0.3) is 0 Å². The summed E-state index contributed by atoms with van der Waals surface area (Å²) in [5.74, 6) is 0. The predicted molar refractivity (Wildman–Crippen MR) is 196 cm³/mol. The first-order valence-corrected chi connectivity index (χ1v) is 15.0. The van der Waals surface area contributed by atoms with Gasteiger partial charge < -0.3 is 4.57 Å². The molecule has 0 atom stereocenters. The molecule has 10 rings (SSSR count). The largest absolute Gasteiger partial charge is 0.309 e. The van der Waals surface area contributed by atoms with Crippen LogP contribution in [0.3, 0.4) is 0 Å². The Bertz CT molecular complexity index is 3690. The van der Waals surface area contributed by atoms with Gasteiger partial charge in [-0.15, -0.1) is 0 Å². The Balaban J connectivity index is 1.36. The molecule has 1 aliphatic heterocycles. The molecule has 0 saturated heterocycles. The van der Waals surface area contributed by atoms with Gasteiger partial charge in [0.2, 0.25) is 0 Å². The predicted octanol–water partition coefficient (Wildman–Crippen LogP) is 12.6. The standard InChI is InChI=1S/C44H27NS/c1-3-11-28(12-4-1)32-24-26-41-43-35(32)18-9-19-36(43)38-27-30(22-25-40(38)46-41)33-17-10-20-39-42(33)37-23-21-29-13-7-8-16-34(29)44(37)45(39)31-14-5-2-6-15-31/h1-27H/i1D,2D,3D,4D,5D,6D,7D,8D,10D,11D,12D,13D,14D,15D,16D,17D,20D,21D,23D. The van der Waals surface area contributed by atoms with Crippen molar-refractivity contribution >= 4 is 55.1 Å². The van der Waals surface area contributed by atoms with E-state index < -0.39 is 114 Å². The van der Waals surface area contributed by atoms with Crippen molar-refractivity contribution in [2.24, 2.45) is 0 Å². The van der Waals surface area contributed by atoms with Crippen LogP contribution in [-0.2, 0) is 0 Å². The minimum atomic E-state index is -0.767. The van der Waals surface area contributed by atoms with Gasteiger partial charge >= 0.3 is 0 Å². The number of para-hydroxylation sites is 1. The molecule has 9 aromatic rings. The van der Waals surface area contributed by atoms with E-state index in [0.717, 1.165) is 14.4 Å². The highest BCUT2D eigenvalue weighted by Gasteiger charge is 2.23. The fraction of sp³-hybridized carbons (Fsp3) is 0. The lowest BCUT2D eigenvalue weighted by atomic mass is 9.90. The fourth-order valence-electron chi connectivity index (χ4n) is 6.40. The van der Waals surface area contributed by atoms with E-state index in [2.05, 4.69) is 0 Å². The first-order chi connectivity index (χ1) is 30.7. The number of hydrogen-bond acceptors (Lipinski definition) is 1. The van der Waals surface area contributed by atoms with Crippen molar-refractivity contribution in [1.29, 1.82) is 0 Å². The van der Waals surface area contributed by atoms with E-state index in [-0.39, 0.29) is 56.0 Å². The van der Waals surface area contributed by atoms with Crippen LogP contribution < -0.4 is 0 Å². The van der Waals surface area contributed by atoms with Crippen molar-refractivity contribution in [3.8, 4) is 39.1 Å². The van der Waals surface area contributed by atoms with Crippen LogP contribution in [0.15, 0.2) is 173 Å². The number of hydrogen-bond donors (Lipinski definition) is 0. The monoisotopic (exact) mass is 620 g/mol. The van der Waals surface area contributed by atoms with Crippen LogP contribution >= 0.6 is 11.8 Å². The Morgan fingerprint density at radius 3 is 2.17 bits per heavy atom. The second-order valence-corrected chi connectivity index (χ2v) is 11.7. The van der Waals surface area contributed by atoms with Crippen molar-refractivity contribution in [2.45, 2.75) is 9.79 Å². The summed E-state index contributed by atoms with van der Waals surface area (Å²) < 4.78 is 168. The zero-order chi connectivity index (χ0) is 46.7. The summed E-state index contributed by atoms with van der Waals surface area (Å²) in [6, 6.07) is 2.36. The molecule has 214 valence electrons. The van der Waals surface area contributed by atoms with E-state index in [0.29, 0.717) is 27.5 Å². The molecule has 0 N–H and O–H groups in total.